The molecule has 7 nitrogen and oxygen atoms in total. The third-order valence-corrected chi connectivity index (χ3v) is 5.82. The number of benzene rings is 2. The summed E-state index contributed by atoms with van der Waals surface area (Å²) in [6, 6.07) is 16.9. The smallest absolute Gasteiger partial charge is 0.191 e. The normalized spacial score (nSPS) is 11.7. The maximum atomic E-state index is 11.5. The first-order valence-corrected chi connectivity index (χ1v) is 11.8. The van der Waals surface area contributed by atoms with Crippen LogP contribution in [0.4, 0.5) is 0 Å². The number of fused-ring (bicyclic) bond motifs is 1. The summed E-state index contributed by atoms with van der Waals surface area (Å²) < 4.78 is 30.8. The molecule has 1 aromatic heterocycles. The van der Waals surface area contributed by atoms with Gasteiger partial charge in [-0.05, 0) is 48.2 Å². The van der Waals surface area contributed by atoms with E-state index >= 15 is 0 Å². The van der Waals surface area contributed by atoms with E-state index in [1.54, 1.807) is 31.3 Å². The van der Waals surface area contributed by atoms with E-state index in [0.29, 0.717) is 18.9 Å². The summed E-state index contributed by atoms with van der Waals surface area (Å²) in [6.45, 7) is 2.76. The highest BCUT2D eigenvalue weighted by atomic mass is 127. The molecule has 0 unspecified atom stereocenters. The van der Waals surface area contributed by atoms with Gasteiger partial charge in [0, 0.05) is 38.1 Å². The van der Waals surface area contributed by atoms with Crippen LogP contribution in [0, 0.1) is 0 Å². The third-order valence-electron chi connectivity index (χ3n) is 4.69. The summed E-state index contributed by atoms with van der Waals surface area (Å²) in [5, 5.41) is 7.77. The van der Waals surface area contributed by atoms with Crippen molar-refractivity contribution in [2.45, 2.75) is 17.9 Å². The molecule has 3 rings (SSSR count). The Balaban J connectivity index is 0.00000341. The molecule has 0 aliphatic rings. The molecular formula is C22H29IN4O3S. The molecule has 0 saturated carbocycles. The Morgan fingerprint density at radius 2 is 1.74 bits per heavy atom. The van der Waals surface area contributed by atoms with Crippen molar-refractivity contribution in [3.8, 4) is 5.75 Å². The lowest BCUT2D eigenvalue weighted by Crippen LogP contribution is -2.39. The monoisotopic (exact) mass is 556 g/mol. The lowest BCUT2D eigenvalue weighted by molar-refractivity contribution is 0.321. The molecular weight excluding hydrogens is 527 g/mol. The summed E-state index contributed by atoms with van der Waals surface area (Å²) in [4.78, 5) is 4.50. The van der Waals surface area contributed by atoms with E-state index in [1.807, 2.05) is 0 Å². The quantitative estimate of drug-likeness (QED) is 0.183. The Morgan fingerprint density at radius 3 is 2.45 bits per heavy atom. The predicted octanol–water partition coefficient (Wildman–Crippen LogP) is 3.30. The second-order valence-corrected chi connectivity index (χ2v) is 8.96. The van der Waals surface area contributed by atoms with Gasteiger partial charge in [0.15, 0.2) is 15.8 Å². The Labute approximate surface area is 200 Å². The van der Waals surface area contributed by atoms with Crippen molar-refractivity contribution < 1.29 is 13.2 Å². The molecule has 3 aromatic rings. The van der Waals surface area contributed by atoms with Crippen LogP contribution in [-0.4, -0.2) is 51.9 Å². The van der Waals surface area contributed by atoms with Gasteiger partial charge in [-0.15, -0.1) is 24.0 Å². The van der Waals surface area contributed by atoms with Crippen LogP contribution in [0.5, 0.6) is 5.75 Å². The zero-order chi connectivity index (χ0) is 21.4. The van der Waals surface area contributed by atoms with Crippen molar-refractivity contribution in [1.82, 2.24) is 15.2 Å². The number of halogens is 1. The van der Waals surface area contributed by atoms with Gasteiger partial charge in [-0.2, -0.15) is 0 Å². The third kappa shape index (κ3) is 7.42. The van der Waals surface area contributed by atoms with Crippen LogP contribution < -0.4 is 15.4 Å². The van der Waals surface area contributed by atoms with E-state index < -0.39 is 9.84 Å². The molecule has 1 heterocycles. The second kappa shape index (κ2) is 11.9. The minimum atomic E-state index is -3.19. The lowest BCUT2D eigenvalue weighted by atomic mass is 10.2. The maximum Gasteiger partial charge on any atom is 0.191 e. The number of aliphatic imine (C=N–C) groups is 1. The fourth-order valence-electron chi connectivity index (χ4n) is 3.13. The fraction of sp³-hybridized carbons (Fsp3) is 0.318. The molecule has 2 aromatic carbocycles. The van der Waals surface area contributed by atoms with Crippen molar-refractivity contribution in [3.05, 3.63) is 60.8 Å². The fourth-order valence-corrected chi connectivity index (χ4v) is 3.76. The zero-order valence-electron chi connectivity index (χ0n) is 17.7. The first-order valence-electron chi connectivity index (χ1n) is 9.89. The van der Waals surface area contributed by atoms with Crippen LogP contribution >= 0.6 is 24.0 Å². The number of nitrogens with one attached hydrogen (secondary N) is 2. The number of aromatic nitrogens is 1. The zero-order valence-corrected chi connectivity index (χ0v) is 20.9. The number of para-hydroxylation sites is 1. The van der Waals surface area contributed by atoms with Crippen LogP contribution in [0.25, 0.3) is 10.9 Å². The molecule has 31 heavy (non-hydrogen) atoms. The van der Waals surface area contributed by atoms with E-state index in [-0.39, 0.29) is 28.9 Å². The Hall–Kier alpha value is -2.27. The van der Waals surface area contributed by atoms with Gasteiger partial charge in [-0.25, -0.2) is 8.42 Å². The van der Waals surface area contributed by atoms with E-state index in [9.17, 15) is 8.42 Å². The van der Waals surface area contributed by atoms with Gasteiger partial charge in [0.25, 0.3) is 0 Å². The molecule has 0 atom stereocenters. The minimum Gasteiger partial charge on any atom is -0.492 e. The molecule has 0 radical (unpaired) electrons. The number of guanidine groups is 1. The maximum absolute atomic E-state index is 11.5. The van der Waals surface area contributed by atoms with Crippen molar-refractivity contribution in [2.24, 2.45) is 4.99 Å². The molecule has 0 spiro atoms. The SMILES string of the molecule is CN=C(NCCCn1ccc2ccccc21)NCCOc1ccc(S(C)(=O)=O)cc1.I. The molecule has 9 heteroatoms. The number of sulfone groups is 1. The topological polar surface area (TPSA) is 84.7 Å². The lowest BCUT2D eigenvalue weighted by Gasteiger charge is -2.13. The summed E-state index contributed by atoms with van der Waals surface area (Å²) >= 11 is 0. The predicted molar refractivity (Wildman–Crippen MR) is 136 cm³/mol. The van der Waals surface area contributed by atoms with Gasteiger partial charge in [0.1, 0.15) is 12.4 Å². The highest BCUT2D eigenvalue weighted by molar-refractivity contribution is 14.0. The van der Waals surface area contributed by atoms with Gasteiger partial charge in [-0.3, -0.25) is 4.99 Å². The summed E-state index contributed by atoms with van der Waals surface area (Å²) in [7, 11) is -1.45. The average Bonchev–Trinajstić information content (AvgIpc) is 3.15. The molecule has 2 N–H and O–H groups in total. The summed E-state index contributed by atoms with van der Waals surface area (Å²) in [6.07, 6.45) is 4.28. The molecule has 168 valence electrons. The second-order valence-electron chi connectivity index (χ2n) is 6.94. The molecule has 0 aliphatic carbocycles. The highest BCUT2D eigenvalue weighted by Crippen LogP contribution is 2.16. The van der Waals surface area contributed by atoms with Gasteiger partial charge < -0.3 is 19.9 Å². The van der Waals surface area contributed by atoms with Crippen LogP contribution in [0.1, 0.15) is 6.42 Å². The van der Waals surface area contributed by atoms with Crippen LogP contribution in [-0.2, 0) is 16.4 Å². The van der Waals surface area contributed by atoms with Crippen LogP contribution in [0.3, 0.4) is 0 Å². The largest absolute Gasteiger partial charge is 0.492 e. The number of nitrogens with zero attached hydrogens (tertiary/aromatic N) is 2. The van der Waals surface area contributed by atoms with Crippen molar-refractivity contribution in [1.29, 1.82) is 0 Å². The first-order chi connectivity index (χ1) is 14.5. The summed E-state index contributed by atoms with van der Waals surface area (Å²) in [5.41, 5.74) is 1.25. The first kappa shape index (κ1) is 25.0. The Morgan fingerprint density at radius 1 is 1.03 bits per heavy atom. The Bertz CT molecular complexity index is 1100. The van der Waals surface area contributed by atoms with Crippen LogP contribution in [0.15, 0.2) is 70.7 Å². The molecule has 0 amide bonds. The number of ether oxygens (including phenoxy) is 1. The van der Waals surface area contributed by atoms with Gasteiger partial charge >= 0.3 is 0 Å². The van der Waals surface area contributed by atoms with E-state index in [1.165, 1.54) is 17.2 Å². The van der Waals surface area contributed by atoms with Gasteiger partial charge in [0.05, 0.1) is 11.4 Å². The number of rotatable bonds is 9. The molecule has 0 aliphatic heterocycles. The van der Waals surface area contributed by atoms with E-state index in [2.05, 4.69) is 56.7 Å². The Kier molecular flexibility index (Phi) is 9.63. The standard InChI is InChI=1S/C22H28N4O3S.HI/c1-23-22(24-13-5-15-26-16-12-18-6-3-4-7-21(18)26)25-14-17-29-19-8-10-20(11-9-19)30(2,27)28;/h3-4,6-12,16H,5,13-15,17H2,1-2H3,(H2,23,24,25);1H. The molecule has 0 fully saturated rings. The van der Waals surface area contributed by atoms with Crippen molar-refractivity contribution >= 4 is 50.7 Å². The van der Waals surface area contributed by atoms with Crippen LogP contribution in [0.2, 0.25) is 0 Å². The van der Waals surface area contributed by atoms with Crippen molar-refractivity contribution in [2.75, 3.05) is 33.0 Å². The summed E-state index contributed by atoms with van der Waals surface area (Å²) in [5.74, 6) is 1.36. The number of aryl methyl sites for hydroxylation is 1. The van der Waals surface area contributed by atoms with E-state index in [0.717, 1.165) is 25.5 Å². The van der Waals surface area contributed by atoms with Crippen molar-refractivity contribution in [3.63, 3.8) is 0 Å². The molecule has 0 bridgehead atoms. The van der Waals surface area contributed by atoms with E-state index in [4.69, 9.17) is 4.74 Å². The number of hydrogen-bond acceptors (Lipinski definition) is 4. The van der Waals surface area contributed by atoms with Gasteiger partial charge in [0.2, 0.25) is 0 Å². The average molecular weight is 556 g/mol. The minimum absolute atomic E-state index is 0. The number of hydrogen-bond donors (Lipinski definition) is 2. The van der Waals surface area contributed by atoms with Gasteiger partial charge in [-0.1, -0.05) is 18.2 Å². The molecule has 0 saturated heterocycles. The highest BCUT2D eigenvalue weighted by Gasteiger charge is 2.06.